The van der Waals surface area contributed by atoms with Crippen LogP contribution >= 0.6 is 0 Å². The van der Waals surface area contributed by atoms with Crippen molar-refractivity contribution in [3.8, 4) is 0 Å². The smallest absolute Gasteiger partial charge is 0.0478 e. The molecule has 0 atom stereocenters. The van der Waals surface area contributed by atoms with Crippen LogP contribution in [0, 0.1) is 0 Å². The van der Waals surface area contributed by atoms with Crippen molar-refractivity contribution < 1.29 is 0 Å². The molecule has 0 radical (unpaired) electrons. The standard InChI is InChI=1S/C13H13N/c1-4-10(2)11-5-6-13-12(9-11)7-8-14(13)3/h5-9H,1H2,2-3H3. The summed E-state index contributed by atoms with van der Waals surface area (Å²) in [5.41, 5.74) is 6.45. The van der Waals surface area contributed by atoms with E-state index in [2.05, 4.69) is 54.4 Å². The lowest BCUT2D eigenvalue weighted by atomic mass is 10.1. The SMILES string of the molecule is C=C=C(C)c1ccc2c(ccn2C)c1. The molecule has 2 rings (SSSR count). The van der Waals surface area contributed by atoms with Crippen LogP contribution in [-0.4, -0.2) is 4.57 Å². The lowest BCUT2D eigenvalue weighted by Gasteiger charge is -2.00. The Morgan fingerprint density at radius 1 is 1.36 bits per heavy atom. The summed E-state index contributed by atoms with van der Waals surface area (Å²) in [6, 6.07) is 8.53. The molecule has 0 aliphatic heterocycles. The zero-order chi connectivity index (χ0) is 10.1. The number of aryl methyl sites for hydroxylation is 1. The van der Waals surface area contributed by atoms with E-state index in [1.165, 1.54) is 16.5 Å². The van der Waals surface area contributed by atoms with Crippen LogP contribution in [0.5, 0.6) is 0 Å². The lowest BCUT2D eigenvalue weighted by Crippen LogP contribution is -1.84. The summed E-state index contributed by atoms with van der Waals surface area (Å²) in [5.74, 6) is 0. The van der Waals surface area contributed by atoms with Gasteiger partial charge in [0.25, 0.3) is 0 Å². The monoisotopic (exact) mass is 183 g/mol. The lowest BCUT2D eigenvalue weighted by molar-refractivity contribution is 0.969. The van der Waals surface area contributed by atoms with Crippen LogP contribution in [0.25, 0.3) is 16.5 Å². The van der Waals surface area contributed by atoms with Gasteiger partial charge in [0, 0.05) is 24.1 Å². The molecule has 0 saturated heterocycles. The van der Waals surface area contributed by atoms with Crippen molar-refractivity contribution in [1.29, 1.82) is 0 Å². The Morgan fingerprint density at radius 2 is 2.14 bits per heavy atom. The first kappa shape index (κ1) is 8.86. The zero-order valence-electron chi connectivity index (χ0n) is 8.54. The predicted molar refractivity (Wildman–Crippen MR) is 61.1 cm³/mol. The Kier molecular flexibility index (Phi) is 2.03. The van der Waals surface area contributed by atoms with E-state index >= 15 is 0 Å². The van der Waals surface area contributed by atoms with Gasteiger partial charge in [0.2, 0.25) is 0 Å². The molecule has 1 nitrogen and oxygen atoms in total. The average Bonchev–Trinajstić information content (AvgIpc) is 2.59. The summed E-state index contributed by atoms with van der Waals surface area (Å²) in [6.45, 7) is 5.68. The maximum absolute atomic E-state index is 3.66. The van der Waals surface area contributed by atoms with Crippen molar-refractivity contribution in [2.24, 2.45) is 7.05 Å². The van der Waals surface area contributed by atoms with Gasteiger partial charge in [0.05, 0.1) is 0 Å². The van der Waals surface area contributed by atoms with Gasteiger partial charge in [-0.15, -0.1) is 5.73 Å². The van der Waals surface area contributed by atoms with E-state index in [0.717, 1.165) is 5.57 Å². The van der Waals surface area contributed by atoms with E-state index in [1.807, 2.05) is 6.92 Å². The van der Waals surface area contributed by atoms with Gasteiger partial charge in [-0.2, -0.15) is 0 Å². The van der Waals surface area contributed by atoms with Crippen LogP contribution in [0.2, 0.25) is 0 Å². The topological polar surface area (TPSA) is 4.93 Å². The summed E-state index contributed by atoms with van der Waals surface area (Å²) in [6.07, 6.45) is 2.07. The molecule has 14 heavy (non-hydrogen) atoms. The summed E-state index contributed by atoms with van der Waals surface area (Å²) < 4.78 is 2.12. The number of fused-ring (bicyclic) bond motifs is 1. The maximum atomic E-state index is 3.66. The van der Waals surface area contributed by atoms with Crippen molar-refractivity contribution in [2.45, 2.75) is 6.92 Å². The minimum Gasteiger partial charge on any atom is -0.351 e. The quantitative estimate of drug-likeness (QED) is 0.597. The summed E-state index contributed by atoms with van der Waals surface area (Å²) >= 11 is 0. The summed E-state index contributed by atoms with van der Waals surface area (Å²) in [7, 11) is 2.05. The summed E-state index contributed by atoms with van der Waals surface area (Å²) in [5, 5.41) is 1.26. The number of nitrogens with zero attached hydrogens (tertiary/aromatic N) is 1. The number of hydrogen-bond donors (Lipinski definition) is 0. The van der Waals surface area contributed by atoms with Gasteiger partial charge in [-0.25, -0.2) is 0 Å². The Bertz CT molecular complexity index is 525. The maximum Gasteiger partial charge on any atom is 0.0478 e. The first-order chi connectivity index (χ1) is 6.72. The molecular weight excluding hydrogens is 170 g/mol. The van der Waals surface area contributed by atoms with Gasteiger partial charge in [0.15, 0.2) is 0 Å². The predicted octanol–water partition coefficient (Wildman–Crippen LogP) is 3.37. The molecule has 0 spiro atoms. The van der Waals surface area contributed by atoms with Crippen LogP contribution in [-0.2, 0) is 7.05 Å². The molecule has 0 N–H and O–H groups in total. The van der Waals surface area contributed by atoms with Gasteiger partial charge in [-0.05, 0) is 36.3 Å². The highest BCUT2D eigenvalue weighted by molar-refractivity contribution is 5.84. The normalized spacial score (nSPS) is 10.1. The minimum absolute atomic E-state index is 1.09. The molecular formula is C13H13N. The average molecular weight is 183 g/mol. The van der Waals surface area contributed by atoms with Gasteiger partial charge in [-0.3, -0.25) is 0 Å². The second kappa shape index (κ2) is 3.21. The van der Waals surface area contributed by atoms with Gasteiger partial charge in [0.1, 0.15) is 0 Å². The molecule has 1 heteroatoms. The molecule has 0 bridgehead atoms. The first-order valence-corrected chi connectivity index (χ1v) is 4.64. The van der Waals surface area contributed by atoms with E-state index in [0.29, 0.717) is 0 Å². The van der Waals surface area contributed by atoms with Crippen molar-refractivity contribution in [3.05, 3.63) is 48.3 Å². The number of allylic oxidation sites excluding steroid dienone is 1. The molecule has 2 aromatic rings. The van der Waals surface area contributed by atoms with E-state index in [9.17, 15) is 0 Å². The second-order valence-corrected chi connectivity index (χ2v) is 3.50. The number of aromatic nitrogens is 1. The number of hydrogen-bond acceptors (Lipinski definition) is 0. The number of rotatable bonds is 1. The molecule has 0 aliphatic carbocycles. The fraction of sp³-hybridized carbons (Fsp3) is 0.154. The largest absolute Gasteiger partial charge is 0.351 e. The molecule has 1 aromatic carbocycles. The van der Waals surface area contributed by atoms with Gasteiger partial charge in [-0.1, -0.05) is 12.6 Å². The highest BCUT2D eigenvalue weighted by Crippen LogP contribution is 2.20. The molecule has 0 unspecified atom stereocenters. The molecule has 1 heterocycles. The van der Waals surface area contributed by atoms with E-state index in [-0.39, 0.29) is 0 Å². The third kappa shape index (κ3) is 1.28. The van der Waals surface area contributed by atoms with Crippen LogP contribution < -0.4 is 0 Å². The van der Waals surface area contributed by atoms with Crippen molar-refractivity contribution in [2.75, 3.05) is 0 Å². The van der Waals surface area contributed by atoms with Crippen LogP contribution in [0.4, 0.5) is 0 Å². The van der Waals surface area contributed by atoms with Crippen LogP contribution in [0.15, 0.2) is 42.8 Å². The van der Waals surface area contributed by atoms with E-state index in [4.69, 9.17) is 0 Å². The Hall–Kier alpha value is -1.72. The molecule has 1 aromatic heterocycles. The Balaban J connectivity index is 2.69. The van der Waals surface area contributed by atoms with Gasteiger partial charge < -0.3 is 4.57 Å². The highest BCUT2D eigenvalue weighted by atomic mass is 14.9. The van der Waals surface area contributed by atoms with E-state index in [1.54, 1.807) is 0 Å². The fourth-order valence-corrected chi connectivity index (χ4v) is 1.62. The van der Waals surface area contributed by atoms with Gasteiger partial charge >= 0.3 is 0 Å². The fourth-order valence-electron chi connectivity index (χ4n) is 1.62. The zero-order valence-corrected chi connectivity index (χ0v) is 8.54. The van der Waals surface area contributed by atoms with Crippen molar-refractivity contribution >= 4 is 16.5 Å². The molecule has 70 valence electrons. The minimum atomic E-state index is 1.09. The second-order valence-electron chi connectivity index (χ2n) is 3.50. The third-order valence-corrected chi connectivity index (χ3v) is 2.58. The Morgan fingerprint density at radius 3 is 2.86 bits per heavy atom. The van der Waals surface area contributed by atoms with Crippen molar-refractivity contribution in [1.82, 2.24) is 4.57 Å². The number of benzene rings is 1. The van der Waals surface area contributed by atoms with Crippen molar-refractivity contribution in [3.63, 3.8) is 0 Å². The molecule has 0 fully saturated rings. The summed E-state index contributed by atoms with van der Waals surface area (Å²) in [4.78, 5) is 0. The highest BCUT2D eigenvalue weighted by Gasteiger charge is 2.00. The van der Waals surface area contributed by atoms with E-state index < -0.39 is 0 Å². The molecule has 0 saturated carbocycles. The molecule has 0 aliphatic rings. The molecule has 0 amide bonds. The first-order valence-electron chi connectivity index (χ1n) is 4.64. The van der Waals surface area contributed by atoms with Crippen LogP contribution in [0.3, 0.4) is 0 Å². The van der Waals surface area contributed by atoms with Crippen LogP contribution in [0.1, 0.15) is 12.5 Å². The third-order valence-electron chi connectivity index (χ3n) is 2.58. The Labute approximate surface area is 84.0 Å².